The van der Waals surface area contributed by atoms with Gasteiger partial charge < -0.3 is 15.4 Å². The molecule has 5 nitrogen and oxygen atoms in total. The van der Waals surface area contributed by atoms with Crippen molar-refractivity contribution >= 4 is 35.0 Å². The molecule has 0 bridgehead atoms. The number of rotatable bonds is 5. The van der Waals surface area contributed by atoms with Crippen molar-refractivity contribution in [3.63, 3.8) is 0 Å². The van der Waals surface area contributed by atoms with E-state index in [1.807, 2.05) is 50.2 Å². The topological polar surface area (TPSA) is 67.4 Å². The Labute approximate surface area is 157 Å². The minimum absolute atomic E-state index is 0.254. The summed E-state index contributed by atoms with van der Waals surface area (Å²) in [6, 6.07) is 12.9. The SMILES string of the molecule is COC(=O)[C@H](CC(C)C)NC(=O)c1cccc2c1Nc1ccccc1S2. The number of nitrogens with one attached hydrogen (secondary N) is 2. The van der Waals surface area contributed by atoms with E-state index >= 15 is 0 Å². The Morgan fingerprint density at radius 1 is 1.12 bits per heavy atom. The van der Waals surface area contributed by atoms with Gasteiger partial charge in [0.1, 0.15) is 6.04 Å². The van der Waals surface area contributed by atoms with E-state index in [4.69, 9.17) is 4.74 Å². The maximum absolute atomic E-state index is 12.9. The lowest BCUT2D eigenvalue weighted by molar-refractivity contribution is -0.143. The van der Waals surface area contributed by atoms with Gasteiger partial charge in [0.2, 0.25) is 0 Å². The van der Waals surface area contributed by atoms with Crippen molar-refractivity contribution in [2.45, 2.75) is 36.1 Å². The number of benzene rings is 2. The van der Waals surface area contributed by atoms with Crippen LogP contribution in [0.1, 0.15) is 30.6 Å². The van der Waals surface area contributed by atoms with E-state index in [1.165, 1.54) is 7.11 Å². The molecule has 1 atom stereocenters. The zero-order valence-electron chi connectivity index (χ0n) is 15.0. The van der Waals surface area contributed by atoms with E-state index in [1.54, 1.807) is 17.8 Å². The molecule has 26 heavy (non-hydrogen) atoms. The van der Waals surface area contributed by atoms with Crippen molar-refractivity contribution in [3.8, 4) is 0 Å². The highest BCUT2D eigenvalue weighted by molar-refractivity contribution is 7.99. The lowest BCUT2D eigenvalue weighted by Crippen LogP contribution is -2.42. The van der Waals surface area contributed by atoms with Crippen molar-refractivity contribution in [2.24, 2.45) is 5.92 Å². The number of hydrogen-bond acceptors (Lipinski definition) is 5. The van der Waals surface area contributed by atoms with Crippen LogP contribution < -0.4 is 10.6 Å². The first-order valence-corrected chi connectivity index (χ1v) is 9.37. The summed E-state index contributed by atoms with van der Waals surface area (Å²) in [5.74, 6) is -0.459. The lowest BCUT2D eigenvalue weighted by Gasteiger charge is -2.24. The van der Waals surface area contributed by atoms with Crippen LogP contribution in [0.3, 0.4) is 0 Å². The smallest absolute Gasteiger partial charge is 0.328 e. The van der Waals surface area contributed by atoms with Gasteiger partial charge in [0.25, 0.3) is 5.91 Å². The van der Waals surface area contributed by atoms with Crippen molar-refractivity contribution in [2.75, 3.05) is 12.4 Å². The standard InChI is InChI=1S/C20H22N2O3S/c1-12(2)11-15(20(24)25-3)22-19(23)13-7-6-10-17-18(13)21-14-8-4-5-9-16(14)26-17/h4-10,12,15,21H,11H2,1-3H3,(H,22,23)/t15-/m0/s1. The monoisotopic (exact) mass is 370 g/mol. The third-order valence-corrected chi connectivity index (χ3v) is 5.27. The molecular weight excluding hydrogens is 348 g/mol. The number of anilines is 2. The summed E-state index contributed by atoms with van der Waals surface area (Å²) in [7, 11) is 1.33. The van der Waals surface area contributed by atoms with Gasteiger partial charge in [-0.05, 0) is 36.6 Å². The summed E-state index contributed by atoms with van der Waals surface area (Å²) >= 11 is 1.62. The largest absolute Gasteiger partial charge is 0.467 e. The number of para-hydroxylation sites is 2. The van der Waals surface area contributed by atoms with Crippen LogP contribution in [0.25, 0.3) is 0 Å². The van der Waals surface area contributed by atoms with Gasteiger partial charge >= 0.3 is 5.97 Å². The average Bonchev–Trinajstić information content (AvgIpc) is 2.64. The number of ether oxygens (including phenoxy) is 1. The molecule has 0 radical (unpaired) electrons. The lowest BCUT2D eigenvalue weighted by atomic mass is 10.0. The molecule has 3 rings (SSSR count). The number of esters is 1. The fourth-order valence-electron chi connectivity index (χ4n) is 2.91. The predicted octanol–water partition coefficient (Wildman–Crippen LogP) is 4.21. The van der Waals surface area contributed by atoms with Crippen molar-refractivity contribution in [1.82, 2.24) is 5.32 Å². The summed E-state index contributed by atoms with van der Waals surface area (Å²) < 4.78 is 4.84. The Kier molecular flexibility index (Phi) is 5.52. The third-order valence-electron chi connectivity index (χ3n) is 4.14. The van der Waals surface area contributed by atoms with Crippen LogP contribution in [0, 0.1) is 5.92 Å². The van der Waals surface area contributed by atoms with Crippen LogP contribution in [-0.2, 0) is 9.53 Å². The first-order chi connectivity index (χ1) is 12.5. The number of carbonyl (C=O) groups excluding carboxylic acids is 2. The van der Waals surface area contributed by atoms with Crippen molar-refractivity contribution in [3.05, 3.63) is 48.0 Å². The Bertz CT molecular complexity index is 836. The van der Waals surface area contributed by atoms with Crippen LogP contribution in [0.2, 0.25) is 0 Å². The first-order valence-electron chi connectivity index (χ1n) is 8.55. The van der Waals surface area contributed by atoms with Gasteiger partial charge in [-0.25, -0.2) is 4.79 Å². The van der Waals surface area contributed by atoms with Gasteiger partial charge in [-0.3, -0.25) is 4.79 Å². The molecule has 1 aliphatic rings. The van der Waals surface area contributed by atoms with Crippen LogP contribution in [-0.4, -0.2) is 25.0 Å². The number of amides is 1. The van der Waals surface area contributed by atoms with E-state index in [-0.39, 0.29) is 11.8 Å². The molecule has 0 aliphatic carbocycles. The van der Waals surface area contributed by atoms with Crippen LogP contribution in [0.5, 0.6) is 0 Å². The molecule has 2 aromatic carbocycles. The summed E-state index contributed by atoms with van der Waals surface area (Å²) in [5, 5.41) is 6.18. The second-order valence-corrected chi connectivity index (χ2v) is 7.66. The van der Waals surface area contributed by atoms with Crippen LogP contribution in [0.4, 0.5) is 11.4 Å². The molecule has 6 heteroatoms. The predicted molar refractivity (Wildman–Crippen MR) is 103 cm³/mol. The highest BCUT2D eigenvalue weighted by Gasteiger charge is 2.26. The molecule has 0 saturated heterocycles. The molecule has 0 aromatic heterocycles. The Balaban J connectivity index is 1.86. The molecule has 0 spiro atoms. The highest BCUT2D eigenvalue weighted by Crippen LogP contribution is 2.45. The van der Waals surface area contributed by atoms with Crippen molar-refractivity contribution in [1.29, 1.82) is 0 Å². The van der Waals surface area contributed by atoms with E-state index in [0.717, 1.165) is 21.2 Å². The average molecular weight is 370 g/mol. The molecule has 0 fully saturated rings. The normalized spacial score (nSPS) is 13.2. The zero-order valence-corrected chi connectivity index (χ0v) is 15.9. The Morgan fingerprint density at radius 2 is 1.85 bits per heavy atom. The van der Waals surface area contributed by atoms with Gasteiger partial charge in [0, 0.05) is 9.79 Å². The van der Waals surface area contributed by atoms with Crippen LogP contribution in [0.15, 0.2) is 52.3 Å². The molecule has 0 unspecified atom stereocenters. The second kappa shape index (κ2) is 7.83. The van der Waals surface area contributed by atoms with E-state index in [0.29, 0.717) is 12.0 Å². The van der Waals surface area contributed by atoms with E-state index in [2.05, 4.69) is 10.6 Å². The molecular formula is C20H22N2O3S. The number of carbonyl (C=O) groups is 2. The number of hydrogen-bond donors (Lipinski definition) is 2. The fraction of sp³-hybridized carbons (Fsp3) is 0.300. The molecule has 1 heterocycles. The summed E-state index contributed by atoms with van der Waals surface area (Å²) in [5.41, 5.74) is 2.25. The molecule has 136 valence electrons. The second-order valence-electron chi connectivity index (χ2n) is 6.58. The summed E-state index contributed by atoms with van der Waals surface area (Å²) in [4.78, 5) is 27.0. The minimum Gasteiger partial charge on any atom is -0.467 e. The van der Waals surface area contributed by atoms with Gasteiger partial charge in [-0.15, -0.1) is 0 Å². The van der Waals surface area contributed by atoms with E-state index in [9.17, 15) is 9.59 Å². The molecule has 1 aliphatic heterocycles. The Morgan fingerprint density at radius 3 is 2.58 bits per heavy atom. The maximum atomic E-state index is 12.9. The van der Waals surface area contributed by atoms with E-state index < -0.39 is 12.0 Å². The Hall–Kier alpha value is -2.47. The van der Waals surface area contributed by atoms with Gasteiger partial charge in [0.05, 0.1) is 24.0 Å². The maximum Gasteiger partial charge on any atom is 0.328 e. The number of fused-ring (bicyclic) bond motifs is 2. The quantitative estimate of drug-likeness (QED) is 0.659. The number of methoxy groups -OCH3 is 1. The molecule has 0 saturated carbocycles. The minimum atomic E-state index is -0.660. The van der Waals surface area contributed by atoms with Gasteiger partial charge in [-0.2, -0.15) is 0 Å². The van der Waals surface area contributed by atoms with Crippen LogP contribution >= 0.6 is 11.8 Å². The first kappa shape index (κ1) is 18.3. The molecule has 2 aromatic rings. The summed E-state index contributed by atoms with van der Waals surface area (Å²) in [6.45, 7) is 4.00. The third kappa shape index (κ3) is 3.85. The van der Waals surface area contributed by atoms with Gasteiger partial charge in [-0.1, -0.05) is 43.8 Å². The zero-order chi connectivity index (χ0) is 18.7. The highest BCUT2D eigenvalue weighted by atomic mass is 32.2. The van der Waals surface area contributed by atoms with Gasteiger partial charge in [0.15, 0.2) is 0 Å². The fourth-order valence-corrected chi connectivity index (χ4v) is 3.93. The van der Waals surface area contributed by atoms with Crippen molar-refractivity contribution < 1.29 is 14.3 Å². The summed E-state index contributed by atoms with van der Waals surface area (Å²) in [6.07, 6.45) is 0.526. The molecule has 2 N–H and O–H groups in total. The molecule has 1 amide bonds.